The normalized spacial score (nSPS) is 11.0. The van der Waals surface area contributed by atoms with Crippen molar-refractivity contribution in [2.75, 3.05) is 12.5 Å². The lowest BCUT2D eigenvalue weighted by atomic mass is 10.2. The number of aryl methyl sites for hydroxylation is 1. The third kappa shape index (κ3) is 3.99. The average Bonchev–Trinajstić information content (AvgIpc) is 2.95. The van der Waals surface area contributed by atoms with Gasteiger partial charge in [-0.1, -0.05) is 11.6 Å². The van der Waals surface area contributed by atoms with Crippen LogP contribution in [0, 0.1) is 24.0 Å². The van der Waals surface area contributed by atoms with Crippen molar-refractivity contribution in [1.82, 2.24) is 4.57 Å². The third-order valence-electron chi connectivity index (χ3n) is 4.34. The lowest BCUT2D eigenvalue weighted by molar-refractivity contribution is -0.384. The molecule has 1 aromatic heterocycles. The van der Waals surface area contributed by atoms with Crippen LogP contribution in [0.4, 0.5) is 11.4 Å². The molecule has 0 spiro atoms. The Morgan fingerprint density at radius 2 is 1.89 bits per heavy atom. The molecule has 8 heteroatoms. The summed E-state index contributed by atoms with van der Waals surface area (Å²) < 4.78 is 7.29. The number of benzene rings is 2. The number of ether oxygens (including phenoxy) is 1. The molecular weight excluding hydrogens is 380 g/mol. The summed E-state index contributed by atoms with van der Waals surface area (Å²) in [7, 11) is 1.58. The van der Waals surface area contributed by atoms with Gasteiger partial charge in [-0.2, -0.15) is 5.10 Å². The quantitative estimate of drug-likeness (QED) is 0.355. The van der Waals surface area contributed by atoms with Crippen molar-refractivity contribution in [3.8, 4) is 11.4 Å². The van der Waals surface area contributed by atoms with Crippen LogP contribution in [0.15, 0.2) is 53.6 Å². The van der Waals surface area contributed by atoms with Gasteiger partial charge in [0.2, 0.25) is 0 Å². The molecule has 0 fully saturated rings. The van der Waals surface area contributed by atoms with Gasteiger partial charge in [-0.25, -0.2) is 0 Å². The van der Waals surface area contributed by atoms with Gasteiger partial charge < -0.3 is 9.30 Å². The van der Waals surface area contributed by atoms with E-state index in [1.54, 1.807) is 25.5 Å². The van der Waals surface area contributed by atoms with Crippen LogP contribution in [-0.2, 0) is 0 Å². The van der Waals surface area contributed by atoms with Crippen LogP contribution < -0.4 is 10.2 Å². The Hall–Kier alpha value is -3.32. The monoisotopic (exact) mass is 398 g/mol. The SMILES string of the molecule is COc1ccc(-n2c(C)cc(/C=N\Nc3ccc([N+](=O)[O-])cc3)c2C)cc1Cl. The molecule has 3 rings (SSSR count). The minimum Gasteiger partial charge on any atom is -0.495 e. The van der Waals surface area contributed by atoms with Gasteiger partial charge in [0.15, 0.2) is 0 Å². The Balaban J connectivity index is 1.80. The van der Waals surface area contributed by atoms with E-state index < -0.39 is 4.92 Å². The van der Waals surface area contributed by atoms with Crippen molar-refractivity contribution in [1.29, 1.82) is 0 Å². The number of nitro benzene ring substituents is 1. The Morgan fingerprint density at radius 1 is 1.18 bits per heavy atom. The molecule has 1 heterocycles. The number of hydrogen-bond donors (Lipinski definition) is 1. The summed E-state index contributed by atoms with van der Waals surface area (Å²) in [5, 5.41) is 15.5. The number of anilines is 1. The predicted molar refractivity (Wildman–Crippen MR) is 111 cm³/mol. The van der Waals surface area contributed by atoms with Crippen molar-refractivity contribution >= 4 is 29.2 Å². The molecule has 0 saturated carbocycles. The topological polar surface area (TPSA) is 81.7 Å². The molecule has 1 N–H and O–H groups in total. The van der Waals surface area contributed by atoms with Crippen LogP contribution >= 0.6 is 11.6 Å². The van der Waals surface area contributed by atoms with E-state index in [0.717, 1.165) is 22.6 Å². The molecule has 0 aliphatic carbocycles. The molecule has 144 valence electrons. The van der Waals surface area contributed by atoms with E-state index in [1.165, 1.54) is 12.1 Å². The molecule has 0 radical (unpaired) electrons. The molecule has 0 bridgehead atoms. The summed E-state index contributed by atoms with van der Waals surface area (Å²) in [6.07, 6.45) is 1.71. The van der Waals surface area contributed by atoms with Gasteiger partial charge in [0.05, 0.1) is 29.0 Å². The zero-order chi connectivity index (χ0) is 20.3. The number of hydrogen-bond acceptors (Lipinski definition) is 5. The predicted octanol–water partition coefficient (Wildman–Crippen LogP) is 5.11. The van der Waals surface area contributed by atoms with E-state index in [9.17, 15) is 10.1 Å². The van der Waals surface area contributed by atoms with Crippen LogP contribution in [0.1, 0.15) is 17.0 Å². The lowest BCUT2D eigenvalue weighted by Gasteiger charge is -2.11. The second kappa shape index (κ2) is 8.14. The highest BCUT2D eigenvalue weighted by molar-refractivity contribution is 6.32. The highest BCUT2D eigenvalue weighted by atomic mass is 35.5. The first-order valence-corrected chi connectivity index (χ1v) is 8.85. The molecule has 0 saturated heterocycles. The summed E-state index contributed by atoms with van der Waals surface area (Å²) >= 11 is 6.26. The van der Waals surface area contributed by atoms with Crippen LogP contribution in [0.2, 0.25) is 5.02 Å². The fourth-order valence-corrected chi connectivity index (χ4v) is 3.20. The number of nitrogens with one attached hydrogen (secondary N) is 1. The van der Waals surface area contributed by atoms with Crippen molar-refractivity contribution in [3.63, 3.8) is 0 Å². The van der Waals surface area contributed by atoms with E-state index in [2.05, 4.69) is 15.1 Å². The van der Waals surface area contributed by atoms with Crippen LogP contribution in [0.5, 0.6) is 5.75 Å². The molecule has 0 aliphatic heterocycles. The second-order valence-electron chi connectivity index (χ2n) is 6.15. The van der Waals surface area contributed by atoms with Gasteiger partial charge in [-0.15, -0.1) is 0 Å². The molecule has 0 atom stereocenters. The number of nitro groups is 1. The standard InChI is InChI=1S/C20H19ClN4O3/c1-13-10-15(12-22-23-16-4-6-17(7-5-16)25(26)27)14(2)24(13)18-8-9-20(28-3)19(21)11-18/h4-12,23H,1-3H3/b22-12-. The van der Waals surface area contributed by atoms with Gasteiger partial charge in [0.25, 0.3) is 5.69 Å². The Kier molecular flexibility index (Phi) is 5.65. The lowest BCUT2D eigenvalue weighted by Crippen LogP contribution is -2.00. The fourth-order valence-electron chi connectivity index (χ4n) is 2.94. The second-order valence-corrected chi connectivity index (χ2v) is 6.56. The van der Waals surface area contributed by atoms with Gasteiger partial charge >= 0.3 is 0 Å². The first-order valence-electron chi connectivity index (χ1n) is 8.47. The minimum atomic E-state index is -0.437. The van der Waals surface area contributed by atoms with Gasteiger partial charge in [-0.05, 0) is 50.2 Å². The largest absolute Gasteiger partial charge is 0.495 e. The van der Waals surface area contributed by atoms with Gasteiger partial charge in [0.1, 0.15) is 5.75 Å². The zero-order valence-corrected chi connectivity index (χ0v) is 16.4. The van der Waals surface area contributed by atoms with Gasteiger partial charge in [-0.3, -0.25) is 15.5 Å². The summed E-state index contributed by atoms with van der Waals surface area (Å²) in [4.78, 5) is 10.3. The molecule has 0 amide bonds. The number of aromatic nitrogens is 1. The average molecular weight is 399 g/mol. The van der Waals surface area contributed by atoms with Crippen molar-refractivity contribution in [2.45, 2.75) is 13.8 Å². The van der Waals surface area contributed by atoms with Crippen molar-refractivity contribution in [2.24, 2.45) is 5.10 Å². The highest BCUT2D eigenvalue weighted by Gasteiger charge is 2.11. The number of rotatable bonds is 6. The highest BCUT2D eigenvalue weighted by Crippen LogP contribution is 2.29. The maximum absolute atomic E-state index is 10.7. The molecular formula is C20H19ClN4O3. The smallest absolute Gasteiger partial charge is 0.269 e. The van der Waals surface area contributed by atoms with Crippen LogP contribution in [0.3, 0.4) is 0 Å². The minimum absolute atomic E-state index is 0.0382. The molecule has 2 aromatic carbocycles. The van der Waals surface area contributed by atoms with Gasteiger partial charge in [0, 0.05) is 34.8 Å². The molecule has 3 aromatic rings. The van der Waals surface area contributed by atoms with E-state index in [0.29, 0.717) is 16.5 Å². The number of hydrazone groups is 1. The molecule has 0 aliphatic rings. The first-order chi connectivity index (χ1) is 13.4. The summed E-state index contributed by atoms with van der Waals surface area (Å²) in [6, 6.07) is 13.7. The van der Waals surface area contributed by atoms with E-state index in [4.69, 9.17) is 16.3 Å². The fraction of sp³-hybridized carbons (Fsp3) is 0.150. The zero-order valence-electron chi connectivity index (χ0n) is 15.6. The Morgan fingerprint density at radius 3 is 2.50 bits per heavy atom. The number of non-ortho nitro benzene ring substituents is 1. The van der Waals surface area contributed by atoms with Crippen molar-refractivity contribution in [3.05, 3.63) is 80.6 Å². The van der Waals surface area contributed by atoms with E-state index in [1.807, 2.05) is 38.1 Å². The maximum Gasteiger partial charge on any atom is 0.269 e. The van der Waals surface area contributed by atoms with Crippen LogP contribution in [-0.4, -0.2) is 22.8 Å². The van der Waals surface area contributed by atoms with Crippen molar-refractivity contribution < 1.29 is 9.66 Å². The van der Waals surface area contributed by atoms with E-state index in [-0.39, 0.29) is 5.69 Å². The summed E-state index contributed by atoms with van der Waals surface area (Å²) in [5.41, 5.74) is 7.50. The summed E-state index contributed by atoms with van der Waals surface area (Å²) in [6.45, 7) is 4.00. The number of methoxy groups -OCH3 is 1. The molecule has 0 unspecified atom stereocenters. The Bertz CT molecular complexity index is 1040. The van der Waals surface area contributed by atoms with E-state index >= 15 is 0 Å². The molecule has 28 heavy (non-hydrogen) atoms. The molecule has 7 nitrogen and oxygen atoms in total. The number of nitrogens with zero attached hydrogens (tertiary/aromatic N) is 3. The Labute approximate surface area is 167 Å². The first kappa shape index (κ1) is 19.4. The van der Waals surface area contributed by atoms with Crippen LogP contribution in [0.25, 0.3) is 5.69 Å². The number of halogens is 1. The summed E-state index contributed by atoms with van der Waals surface area (Å²) in [5.74, 6) is 0.627. The third-order valence-corrected chi connectivity index (χ3v) is 4.63. The maximum atomic E-state index is 10.7.